The molecule has 0 aromatic rings. The number of hydrogen-bond donors (Lipinski definition) is 0. The Morgan fingerprint density at radius 2 is 0.700 bits per heavy atom. The van der Waals surface area contributed by atoms with Gasteiger partial charge in [-0.1, -0.05) is 224 Å². The Morgan fingerprint density at radius 1 is 0.367 bits per heavy atom. The monoisotopic (exact) mass is 843 g/mol. The van der Waals surface area contributed by atoms with E-state index in [0.29, 0.717) is 19.4 Å². The molecule has 5 nitrogen and oxygen atoms in total. The van der Waals surface area contributed by atoms with Crippen molar-refractivity contribution in [3.63, 3.8) is 0 Å². The van der Waals surface area contributed by atoms with Gasteiger partial charge in [0, 0.05) is 19.4 Å². The molecule has 0 spiro atoms. The molecule has 1 unspecified atom stereocenters. The number of ether oxygens (including phenoxy) is 3. The summed E-state index contributed by atoms with van der Waals surface area (Å²) in [7, 11) is 0. The highest BCUT2D eigenvalue weighted by molar-refractivity contribution is 5.70. The molecule has 0 rings (SSSR count). The van der Waals surface area contributed by atoms with Gasteiger partial charge >= 0.3 is 11.9 Å². The maximum absolute atomic E-state index is 12.6. The zero-order chi connectivity index (χ0) is 43.5. The van der Waals surface area contributed by atoms with Gasteiger partial charge in [0.05, 0.1) is 6.61 Å². The lowest BCUT2D eigenvalue weighted by Gasteiger charge is -2.18. The smallest absolute Gasteiger partial charge is 0.306 e. The number of allylic oxidation sites excluding steroid dienone is 6. The highest BCUT2D eigenvalue weighted by Crippen LogP contribution is 2.15. The van der Waals surface area contributed by atoms with Gasteiger partial charge in [0.15, 0.2) is 6.10 Å². The molecule has 352 valence electrons. The first kappa shape index (κ1) is 58.1. The molecular formula is C55H102O5. The molecule has 0 saturated carbocycles. The summed E-state index contributed by atoms with van der Waals surface area (Å²) >= 11 is 0. The Kier molecular flexibility index (Phi) is 49.9. The third-order valence-corrected chi connectivity index (χ3v) is 11.6. The topological polar surface area (TPSA) is 61.8 Å². The van der Waals surface area contributed by atoms with Gasteiger partial charge in [0.1, 0.15) is 6.61 Å². The zero-order valence-electron chi connectivity index (χ0n) is 40.5. The van der Waals surface area contributed by atoms with E-state index in [0.717, 1.165) is 51.4 Å². The number of rotatable bonds is 49. The molecule has 0 aliphatic carbocycles. The van der Waals surface area contributed by atoms with Crippen LogP contribution in [0.4, 0.5) is 0 Å². The second-order valence-corrected chi connectivity index (χ2v) is 17.8. The van der Waals surface area contributed by atoms with E-state index in [4.69, 9.17) is 14.2 Å². The van der Waals surface area contributed by atoms with Gasteiger partial charge < -0.3 is 14.2 Å². The quantitative estimate of drug-likeness (QED) is 0.0347. The van der Waals surface area contributed by atoms with Crippen LogP contribution in [0.1, 0.15) is 278 Å². The van der Waals surface area contributed by atoms with Gasteiger partial charge in [-0.15, -0.1) is 0 Å². The molecule has 5 heteroatoms. The van der Waals surface area contributed by atoms with Crippen LogP contribution >= 0.6 is 0 Å². The summed E-state index contributed by atoms with van der Waals surface area (Å²) in [6.07, 6.45) is 61.9. The van der Waals surface area contributed by atoms with Gasteiger partial charge in [-0.25, -0.2) is 0 Å². The number of carbonyl (C=O) groups excluding carboxylic acids is 2. The molecule has 0 saturated heterocycles. The number of hydrogen-bond acceptors (Lipinski definition) is 5. The maximum atomic E-state index is 12.6. The molecular weight excluding hydrogens is 741 g/mol. The Bertz CT molecular complexity index is 955. The summed E-state index contributed by atoms with van der Waals surface area (Å²) in [6.45, 7) is 7.76. The first-order chi connectivity index (χ1) is 29.6. The van der Waals surface area contributed by atoms with Gasteiger partial charge in [0.25, 0.3) is 0 Å². The largest absolute Gasteiger partial charge is 0.462 e. The van der Waals surface area contributed by atoms with Gasteiger partial charge in [-0.3, -0.25) is 9.59 Å². The normalized spacial score (nSPS) is 12.4. The average Bonchev–Trinajstić information content (AvgIpc) is 3.25. The van der Waals surface area contributed by atoms with Crippen molar-refractivity contribution in [2.45, 2.75) is 284 Å². The minimum Gasteiger partial charge on any atom is -0.462 e. The van der Waals surface area contributed by atoms with Crippen LogP contribution in [0.5, 0.6) is 0 Å². The predicted octanol–water partition coefficient (Wildman–Crippen LogP) is 17.8. The summed E-state index contributed by atoms with van der Waals surface area (Å²) in [5.74, 6) is -0.404. The van der Waals surface area contributed by atoms with Crippen molar-refractivity contribution in [3.05, 3.63) is 36.5 Å². The van der Waals surface area contributed by atoms with Crippen LogP contribution in [0.25, 0.3) is 0 Å². The fourth-order valence-corrected chi connectivity index (χ4v) is 7.65. The van der Waals surface area contributed by atoms with E-state index in [1.54, 1.807) is 0 Å². The second-order valence-electron chi connectivity index (χ2n) is 17.8. The lowest BCUT2D eigenvalue weighted by molar-refractivity contribution is -0.163. The molecule has 0 heterocycles. The van der Waals surface area contributed by atoms with Crippen molar-refractivity contribution in [1.29, 1.82) is 0 Å². The third-order valence-electron chi connectivity index (χ3n) is 11.6. The first-order valence-electron chi connectivity index (χ1n) is 26.5. The molecule has 0 aromatic heterocycles. The van der Waals surface area contributed by atoms with Crippen LogP contribution in [0.3, 0.4) is 0 Å². The molecule has 0 aliphatic rings. The van der Waals surface area contributed by atoms with E-state index in [1.807, 2.05) is 0 Å². The fraction of sp³-hybridized carbons (Fsp3) is 0.855. The summed E-state index contributed by atoms with van der Waals surface area (Å²) in [5.41, 5.74) is 0. The van der Waals surface area contributed by atoms with Crippen LogP contribution in [0.15, 0.2) is 36.5 Å². The average molecular weight is 843 g/mol. The van der Waals surface area contributed by atoms with Crippen LogP contribution in [-0.2, 0) is 23.8 Å². The Balaban J connectivity index is 3.97. The van der Waals surface area contributed by atoms with Gasteiger partial charge in [0.2, 0.25) is 0 Å². The highest BCUT2D eigenvalue weighted by atomic mass is 16.6. The van der Waals surface area contributed by atoms with Gasteiger partial charge in [-0.2, -0.15) is 0 Å². The summed E-state index contributed by atoms with van der Waals surface area (Å²) < 4.78 is 17.3. The molecule has 0 N–H and O–H groups in total. The van der Waals surface area contributed by atoms with Crippen molar-refractivity contribution < 1.29 is 23.8 Å². The van der Waals surface area contributed by atoms with E-state index in [9.17, 15) is 9.59 Å². The van der Waals surface area contributed by atoms with Crippen molar-refractivity contribution in [3.8, 4) is 0 Å². The Labute approximate surface area is 374 Å². The number of carbonyl (C=O) groups is 2. The van der Waals surface area contributed by atoms with Crippen molar-refractivity contribution >= 4 is 11.9 Å². The zero-order valence-corrected chi connectivity index (χ0v) is 40.5. The predicted molar refractivity (Wildman–Crippen MR) is 261 cm³/mol. The minimum absolute atomic E-state index is 0.0856. The van der Waals surface area contributed by atoms with E-state index < -0.39 is 6.10 Å². The van der Waals surface area contributed by atoms with E-state index in [-0.39, 0.29) is 25.2 Å². The lowest BCUT2D eigenvalue weighted by Crippen LogP contribution is -2.30. The molecule has 0 aromatic carbocycles. The molecule has 0 radical (unpaired) electrons. The first-order valence-corrected chi connectivity index (χ1v) is 26.5. The fourth-order valence-electron chi connectivity index (χ4n) is 7.65. The van der Waals surface area contributed by atoms with E-state index in [2.05, 4.69) is 57.2 Å². The van der Waals surface area contributed by atoms with Crippen LogP contribution < -0.4 is 0 Å². The Hall–Kier alpha value is -1.88. The Morgan fingerprint density at radius 3 is 1.15 bits per heavy atom. The minimum atomic E-state index is -0.531. The molecule has 0 bridgehead atoms. The SMILES string of the molecule is CCCCC/C=C\C/C=C\CCCCCCCCCCCC(=O)OCC(COCCCCCCCCCCCC/C=C\CCCCCCCC)OC(=O)CCCCCCC. The molecule has 0 amide bonds. The van der Waals surface area contributed by atoms with E-state index >= 15 is 0 Å². The molecule has 0 aliphatic heterocycles. The van der Waals surface area contributed by atoms with Crippen LogP contribution in [-0.4, -0.2) is 37.9 Å². The van der Waals surface area contributed by atoms with Crippen LogP contribution in [0.2, 0.25) is 0 Å². The van der Waals surface area contributed by atoms with Crippen molar-refractivity contribution in [1.82, 2.24) is 0 Å². The summed E-state index contributed by atoms with van der Waals surface area (Å²) in [4.78, 5) is 25.1. The second kappa shape index (κ2) is 51.5. The van der Waals surface area contributed by atoms with Crippen molar-refractivity contribution in [2.24, 2.45) is 0 Å². The molecule has 60 heavy (non-hydrogen) atoms. The highest BCUT2D eigenvalue weighted by Gasteiger charge is 2.17. The summed E-state index contributed by atoms with van der Waals surface area (Å²) in [6, 6.07) is 0. The molecule has 1 atom stereocenters. The number of unbranched alkanes of at least 4 members (excludes halogenated alkanes) is 32. The third kappa shape index (κ3) is 48.8. The standard InChI is InChI=1S/C55H102O5/c1-4-7-10-13-15-17-19-21-23-25-27-29-31-33-35-37-39-41-44-47-50-58-51-53(60-55(57)49-46-42-12-9-6-3)52-59-54(56)48-45-43-40-38-36-34-32-30-28-26-24-22-20-18-16-14-11-8-5-2/h16,18,21-24,53H,4-15,17,19-20,25-52H2,1-3H3/b18-16-,23-21-,24-22-. The van der Waals surface area contributed by atoms with Crippen molar-refractivity contribution in [2.75, 3.05) is 19.8 Å². The maximum Gasteiger partial charge on any atom is 0.306 e. The number of esters is 2. The summed E-state index contributed by atoms with van der Waals surface area (Å²) in [5, 5.41) is 0. The lowest BCUT2D eigenvalue weighted by atomic mass is 10.1. The van der Waals surface area contributed by atoms with Gasteiger partial charge in [-0.05, 0) is 77.0 Å². The van der Waals surface area contributed by atoms with Crippen LogP contribution in [0, 0.1) is 0 Å². The van der Waals surface area contributed by atoms with E-state index in [1.165, 1.54) is 193 Å². The molecule has 0 fully saturated rings.